The summed E-state index contributed by atoms with van der Waals surface area (Å²) >= 11 is 3.55. The van der Waals surface area contributed by atoms with Crippen molar-refractivity contribution in [3.8, 4) is 5.75 Å². The van der Waals surface area contributed by atoms with Crippen LogP contribution in [0.15, 0.2) is 22.7 Å². The fourth-order valence-corrected chi connectivity index (χ4v) is 2.47. The number of rotatable bonds is 9. The van der Waals surface area contributed by atoms with Crippen LogP contribution in [0, 0.1) is 11.8 Å². The second-order valence-corrected chi connectivity index (χ2v) is 6.68. The molecule has 0 atom stereocenters. The summed E-state index contributed by atoms with van der Waals surface area (Å²) in [5.74, 6) is 2.30. The summed E-state index contributed by atoms with van der Waals surface area (Å²) in [6, 6.07) is 6.13. The van der Waals surface area contributed by atoms with Gasteiger partial charge in [0.25, 0.3) is 0 Å². The van der Waals surface area contributed by atoms with Gasteiger partial charge in [0, 0.05) is 12.1 Å². The molecule has 0 bridgehead atoms. The zero-order chi connectivity index (χ0) is 14.4. The molecule has 1 aromatic rings. The topological polar surface area (TPSA) is 30.5 Å². The lowest BCUT2D eigenvalue weighted by molar-refractivity contribution is 0.00899. The Hall–Kier alpha value is -0.580. The Morgan fingerprint density at radius 1 is 1.35 bits per heavy atom. The van der Waals surface area contributed by atoms with Crippen LogP contribution in [-0.4, -0.2) is 19.9 Å². The average Bonchev–Trinajstić information content (AvgIpc) is 3.20. The molecule has 1 aliphatic rings. The van der Waals surface area contributed by atoms with Crippen LogP contribution in [0.4, 0.5) is 0 Å². The first-order chi connectivity index (χ1) is 9.66. The molecule has 0 heterocycles. The predicted molar refractivity (Wildman–Crippen MR) is 84.9 cm³/mol. The van der Waals surface area contributed by atoms with Gasteiger partial charge in [0.1, 0.15) is 5.75 Å². The lowest BCUT2D eigenvalue weighted by atomic mass is 10.2. The summed E-state index contributed by atoms with van der Waals surface area (Å²) in [4.78, 5) is 0. The standard InChI is InChI=1S/C16H24BrNO2/c1-12(2)8-18-9-14-4-3-5-15(17)16(14)20-11-19-10-13-6-7-13/h3-5,12-13,18H,6-11H2,1-2H3. The molecule has 0 radical (unpaired) electrons. The Morgan fingerprint density at radius 2 is 2.15 bits per heavy atom. The molecule has 0 aliphatic heterocycles. The Kier molecular flexibility index (Phi) is 6.33. The van der Waals surface area contributed by atoms with Crippen molar-refractivity contribution < 1.29 is 9.47 Å². The summed E-state index contributed by atoms with van der Waals surface area (Å²) in [6.07, 6.45) is 2.61. The van der Waals surface area contributed by atoms with E-state index in [2.05, 4.69) is 41.2 Å². The van der Waals surface area contributed by atoms with Gasteiger partial charge in [-0.15, -0.1) is 0 Å². The minimum Gasteiger partial charge on any atom is -0.466 e. The SMILES string of the molecule is CC(C)CNCc1cccc(Br)c1OCOCC1CC1. The van der Waals surface area contributed by atoms with Crippen molar-refractivity contribution in [1.82, 2.24) is 5.32 Å². The van der Waals surface area contributed by atoms with E-state index >= 15 is 0 Å². The molecule has 2 rings (SSSR count). The van der Waals surface area contributed by atoms with Gasteiger partial charge in [0.15, 0.2) is 6.79 Å². The number of halogens is 1. The van der Waals surface area contributed by atoms with E-state index in [9.17, 15) is 0 Å². The summed E-state index contributed by atoms with van der Waals surface area (Å²) in [5, 5.41) is 3.45. The van der Waals surface area contributed by atoms with Crippen LogP contribution in [0.2, 0.25) is 0 Å². The number of nitrogens with one attached hydrogen (secondary N) is 1. The molecule has 3 nitrogen and oxygen atoms in total. The van der Waals surface area contributed by atoms with Crippen molar-refractivity contribution in [2.24, 2.45) is 11.8 Å². The van der Waals surface area contributed by atoms with Crippen LogP contribution in [0.3, 0.4) is 0 Å². The third-order valence-corrected chi connectivity index (χ3v) is 3.88. The van der Waals surface area contributed by atoms with Gasteiger partial charge >= 0.3 is 0 Å². The first-order valence-corrected chi connectivity index (χ1v) is 8.14. The molecular formula is C16H24BrNO2. The van der Waals surface area contributed by atoms with Crippen molar-refractivity contribution in [3.63, 3.8) is 0 Å². The van der Waals surface area contributed by atoms with E-state index < -0.39 is 0 Å². The van der Waals surface area contributed by atoms with E-state index in [1.807, 2.05) is 12.1 Å². The van der Waals surface area contributed by atoms with Gasteiger partial charge < -0.3 is 14.8 Å². The second-order valence-electron chi connectivity index (χ2n) is 5.83. The van der Waals surface area contributed by atoms with E-state index in [1.165, 1.54) is 12.8 Å². The van der Waals surface area contributed by atoms with Crippen LogP contribution < -0.4 is 10.1 Å². The van der Waals surface area contributed by atoms with Crippen molar-refractivity contribution >= 4 is 15.9 Å². The minimum atomic E-state index is 0.330. The maximum atomic E-state index is 5.79. The second kappa shape index (κ2) is 8.01. The molecule has 1 fully saturated rings. The highest BCUT2D eigenvalue weighted by Gasteiger charge is 2.21. The van der Waals surface area contributed by atoms with Crippen LogP contribution in [0.5, 0.6) is 5.75 Å². The molecule has 0 saturated heterocycles. The van der Waals surface area contributed by atoms with Crippen molar-refractivity contribution in [1.29, 1.82) is 0 Å². The lowest BCUT2D eigenvalue weighted by Gasteiger charge is -2.14. The van der Waals surface area contributed by atoms with Gasteiger partial charge in [0.2, 0.25) is 0 Å². The maximum absolute atomic E-state index is 5.79. The molecule has 0 spiro atoms. The van der Waals surface area contributed by atoms with Gasteiger partial charge in [0.05, 0.1) is 11.1 Å². The highest BCUT2D eigenvalue weighted by molar-refractivity contribution is 9.10. The largest absolute Gasteiger partial charge is 0.466 e. The quantitative estimate of drug-likeness (QED) is 0.544. The van der Waals surface area contributed by atoms with Gasteiger partial charge in [-0.1, -0.05) is 26.0 Å². The minimum absolute atomic E-state index is 0.330. The molecule has 1 N–H and O–H groups in total. The molecule has 0 aromatic heterocycles. The molecule has 0 unspecified atom stereocenters. The van der Waals surface area contributed by atoms with E-state index in [4.69, 9.17) is 9.47 Å². The Balaban J connectivity index is 1.83. The zero-order valence-corrected chi connectivity index (χ0v) is 13.9. The first kappa shape index (κ1) is 15.8. The molecule has 1 aromatic carbocycles. The normalized spacial score (nSPS) is 14.8. The summed E-state index contributed by atoms with van der Waals surface area (Å²) in [5.41, 5.74) is 1.16. The van der Waals surface area contributed by atoms with Crippen molar-refractivity contribution in [3.05, 3.63) is 28.2 Å². The Bertz CT molecular complexity index is 419. The number of hydrogen-bond acceptors (Lipinski definition) is 3. The van der Waals surface area contributed by atoms with E-state index in [0.717, 1.165) is 41.4 Å². The van der Waals surface area contributed by atoms with Crippen LogP contribution in [-0.2, 0) is 11.3 Å². The van der Waals surface area contributed by atoms with Gasteiger partial charge in [-0.3, -0.25) is 0 Å². The molecule has 20 heavy (non-hydrogen) atoms. The monoisotopic (exact) mass is 341 g/mol. The molecular weight excluding hydrogens is 318 g/mol. The molecule has 112 valence electrons. The van der Waals surface area contributed by atoms with Crippen molar-refractivity contribution in [2.45, 2.75) is 33.2 Å². The van der Waals surface area contributed by atoms with Crippen LogP contribution in [0.25, 0.3) is 0 Å². The Labute approximate surface area is 130 Å². The van der Waals surface area contributed by atoms with E-state index in [0.29, 0.717) is 12.7 Å². The summed E-state index contributed by atoms with van der Waals surface area (Å²) in [6.45, 7) is 7.38. The first-order valence-electron chi connectivity index (χ1n) is 7.35. The fraction of sp³-hybridized carbons (Fsp3) is 0.625. The molecule has 0 amide bonds. The molecule has 1 aliphatic carbocycles. The van der Waals surface area contributed by atoms with E-state index in [-0.39, 0.29) is 0 Å². The average molecular weight is 342 g/mol. The number of benzene rings is 1. The fourth-order valence-electron chi connectivity index (χ4n) is 1.95. The highest BCUT2D eigenvalue weighted by Crippen LogP contribution is 2.30. The summed E-state index contributed by atoms with van der Waals surface area (Å²) < 4.78 is 12.3. The third-order valence-electron chi connectivity index (χ3n) is 3.25. The van der Waals surface area contributed by atoms with Crippen molar-refractivity contribution in [2.75, 3.05) is 19.9 Å². The maximum Gasteiger partial charge on any atom is 0.189 e. The highest BCUT2D eigenvalue weighted by atomic mass is 79.9. The van der Waals surface area contributed by atoms with Crippen LogP contribution in [0.1, 0.15) is 32.3 Å². The third kappa shape index (κ3) is 5.43. The van der Waals surface area contributed by atoms with E-state index in [1.54, 1.807) is 0 Å². The van der Waals surface area contributed by atoms with Gasteiger partial charge in [-0.2, -0.15) is 0 Å². The smallest absolute Gasteiger partial charge is 0.189 e. The summed E-state index contributed by atoms with van der Waals surface area (Å²) in [7, 11) is 0. The Morgan fingerprint density at radius 3 is 2.85 bits per heavy atom. The van der Waals surface area contributed by atoms with Crippen LogP contribution >= 0.6 is 15.9 Å². The van der Waals surface area contributed by atoms with Gasteiger partial charge in [-0.25, -0.2) is 0 Å². The molecule has 1 saturated carbocycles. The zero-order valence-electron chi connectivity index (χ0n) is 12.3. The number of para-hydroxylation sites is 1. The lowest BCUT2D eigenvalue weighted by Crippen LogP contribution is -2.19. The predicted octanol–water partition coefficient (Wildman–Crippen LogP) is 3.96. The molecule has 4 heteroatoms. The number of hydrogen-bond donors (Lipinski definition) is 1. The number of ether oxygens (including phenoxy) is 2. The van der Waals surface area contributed by atoms with Gasteiger partial charge in [-0.05, 0) is 53.2 Å².